The summed E-state index contributed by atoms with van der Waals surface area (Å²) in [5, 5.41) is 3.10. The van der Waals surface area contributed by atoms with E-state index < -0.39 is 0 Å². The SMILES string of the molecule is CNc1cc2c(cc1N)CCC2. The van der Waals surface area contributed by atoms with Crippen LogP contribution >= 0.6 is 0 Å². The van der Waals surface area contributed by atoms with Gasteiger partial charge < -0.3 is 11.1 Å². The van der Waals surface area contributed by atoms with E-state index in [-0.39, 0.29) is 0 Å². The molecule has 0 aliphatic heterocycles. The number of nitrogen functional groups attached to an aromatic ring is 1. The van der Waals surface area contributed by atoms with Crippen molar-refractivity contribution in [2.75, 3.05) is 18.1 Å². The minimum atomic E-state index is 0.873. The molecule has 0 radical (unpaired) electrons. The minimum Gasteiger partial charge on any atom is -0.397 e. The van der Waals surface area contributed by atoms with E-state index in [0.717, 1.165) is 11.4 Å². The molecule has 2 heteroatoms. The number of fused-ring (bicyclic) bond motifs is 1. The Morgan fingerprint density at radius 1 is 1.25 bits per heavy atom. The molecule has 12 heavy (non-hydrogen) atoms. The zero-order valence-electron chi connectivity index (χ0n) is 7.35. The van der Waals surface area contributed by atoms with Crippen LogP contribution in [0.1, 0.15) is 17.5 Å². The second kappa shape index (κ2) is 2.70. The van der Waals surface area contributed by atoms with Crippen LogP contribution in [0.15, 0.2) is 12.1 Å². The highest BCUT2D eigenvalue weighted by molar-refractivity contribution is 5.69. The zero-order valence-corrected chi connectivity index (χ0v) is 7.35. The van der Waals surface area contributed by atoms with E-state index in [1.807, 2.05) is 7.05 Å². The number of anilines is 2. The molecule has 1 aliphatic rings. The molecule has 1 aromatic rings. The average molecular weight is 162 g/mol. The Kier molecular flexibility index (Phi) is 1.68. The Labute approximate surface area is 72.8 Å². The molecule has 2 rings (SSSR count). The van der Waals surface area contributed by atoms with Gasteiger partial charge in [-0.25, -0.2) is 0 Å². The Balaban J connectivity index is 2.49. The second-order valence-electron chi connectivity index (χ2n) is 3.31. The number of rotatable bonds is 1. The van der Waals surface area contributed by atoms with Crippen LogP contribution in [-0.4, -0.2) is 7.05 Å². The number of benzene rings is 1. The predicted octanol–water partition coefficient (Wildman–Crippen LogP) is 1.80. The van der Waals surface area contributed by atoms with Crippen molar-refractivity contribution < 1.29 is 0 Å². The first kappa shape index (κ1) is 7.47. The summed E-state index contributed by atoms with van der Waals surface area (Å²) in [4.78, 5) is 0. The summed E-state index contributed by atoms with van der Waals surface area (Å²) < 4.78 is 0. The fourth-order valence-corrected chi connectivity index (χ4v) is 1.86. The van der Waals surface area contributed by atoms with Gasteiger partial charge in [0.05, 0.1) is 11.4 Å². The third kappa shape index (κ3) is 1.04. The number of hydrogen-bond acceptors (Lipinski definition) is 2. The van der Waals surface area contributed by atoms with Gasteiger partial charge in [0.1, 0.15) is 0 Å². The maximum Gasteiger partial charge on any atom is 0.0574 e. The Morgan fingerprint density at radius 3 is 2.58 bits per heavy atom. The first-order valence-electron chi connectivity index (χ1n) is 4.40. The van der Waals surface area contributed by atoms with Crippen LogP contribution in [0.4, 0.5) is 11.4 Å². The first-order valence-corrected chi connectivity index (χ1v) is 4.40. The highest BCUT2D eigenvalue weighted by Gasteiger charge is 2.12. The van der Waals surface area contributed by atoms with E-state index in [4.69, 9.17) is 5.73 Å². The molecule has 0 saturated heterocycles. The normalized spacial score (nSPS) is 14.4. The van der Waals surface area contributed by atoms with Crippen LogP contribution in [0.25, 0.3) is 0 Å². The topological polar surface area (TPSA) is 38.0 Å². The van der Waals surface area contributed by atoms with Gasteiger partial charge in [-0.15, -0.1) is 0 Å². The molecule has 0 unspecified atom stereocenters. The van der Waals surface area contributed by atoms with Crippen molar-refractivity contribution in [1.82, 2.24) is 0 Å². The van der Waals surface area contributed by atoms with Gasteiger partial charge in [-0.05, 0) is 42.5 Å². The maximum atomic E-state index is 5.84. The Bertz CT molecular complexity index is 304. The molecule has 2 nitrogen and oxygen atoms in total. The van der Waals surface area contributed by atoms with E-state index in [9.17, 15) is 0 Å². The molecule has 0 heterocycles. The van der Waals surface area contributed by atoms with Gasteiger partial charge in [0, 0.05) is 7.05 Å². The third-order valence-electron chi connectivity index (χ3n) is 2.53. The highest BCUT2D eigenvalue weighted by atomic mass is 14.8. The summed E-state index contributed by atoms with van der Waals surface area (Å²) in [5.74, 6) is 0. The standard InChI is InChI=1S/C10H14N2/c1-12-10-6-8-4-2-3-7(8)5-9(10)11/h5-6,12H,2-4,11H2,1H3. The van der Waals surface area contributed by atoms with E-state index in [0.29, 0.717) is 0 Å². The predicted molar refractivity (Wildman–Crippen MR) is 52.4 cm³/mol. The fraction of sp³-hybridized carbons (Fsp3) is 0.400. The maximum absolute atomic E-state index is 5.84. The zero-order chi connectivity index (χ0) is 8.55. The summed E-state index contributed by atoms with van der Waals surface area (Å²) in [6, 6.07) is 4.28. The molecule has 0 bridgehead atoms. The number of hydrogen-bond donors (Lipinski definition) is 2. The lowest BCUT2D eigenvalue weighted by Gasteiger charge is -2.07. The van der Waals surface area contributed by atoms with Crippen molar-refractivity contribution in [2.45, 2.75) is 19.3 Å². The quantitative estimate of drug-likeness (QED) is 0.618. The van der Waals surface area contributed by atoms with Gasteiger partial charge in [0.15, 0.2) is 0 Å². The summed E-state index contributed by atoms with van der Waals surface area (Å²) in [7, 11) is 1.91. The van der Waals surface area contributed by atoms with Crippen LogP contribution in [-0.2, 0) is 12.8 Å². The molecule has 0 fully saturated rings. The van der Waals surface area contributed by atoms with Gasteiger partial charge in [-0.2, -0.15) is 0 Å². The van der Waals surface area contributed by atoms with Crippen LogP contribution in [0.5, 0.6) is 0 Å². The first-order chi connectivity index (χ1) is 5.81. The van der Waals surface area contributed by atoms with E-state index >= 15 is 0 Å². The lowest BCUT2D eigenvalue weighted by molar-refractivity contribution is 0.912. The molecule has 0 saturated carbocycles. The van der Waals surface area contributed by atoms with Crippen molar-refractivity contribution in [3.8, 4) is 0 Å². The van der Waals surface area contributed by atoms with Gasteiger partial charge in [0.2, 0.25) is 0 Å². The number of aryl methyl sites for hydroxylation is 2. The Morgan fingerprint density at radius 2 is 1.92 bits per heavy atom. The van der Waals surface area contributed by atoms with Gasteiger partial charge in [0.25, 0.3) is 0 Å². The van der Waals surface area contributed by atoms with Crippen molar-refractivity contribution in [3.63, 3.8) is 0 Å². The summed E-state index contributed by atoms with van der Waals surface area (Å²) in [6.45, 7) is 0. The lowest BCUT2D eigenvalue weighted by Crippen LogP contribution is -1.97. The molecular formula is C10H14N2. The molecule has 3 N–H and O–H groups in total. The van der Waals surface area contributed by atoms with Crippen LogP contribution < -0.4 is 11.1 Å². The highest BCUT2D eigenvalue weighted by Crippen LogP contribution is 2.29. The molecule has 0 aromatic heterocycles. The van der Waals surface area contributed by atoms with Gasteiger partial charge in [-0.1, -0.05) is 0 Å². The van der Waals surface area contributed by atoms with E-state index in [1.54, 1.807) is 0 Å². The van der Waals surface area contributed by atoms with Crippen molar-refractivity contribution in [1.29, 1.82) is 0 Å². The molecule has 0 amide bonds. The fourth-order valence-electron chi connectivity index (χ4n) is 1.86. The van der Waals surface area contributed by atoms with Crippen molar-refractivity contribution in [3.05, 3.63) is 23.3 Å². The van der Waals surface area contributed by atoms with Crippen LogP contribution in [0.2, 0.25) is 0 Å². The average Bonchev–Trinajstić information content (AvgIpc) is 2.49. The van der Waals surface area contributed by atoms with Gasteiger partial charge >= 0.3 is 0 Å². The number of nitrogens with two attached hydrogens (primary N) is 1. The molecule has 64 valence electrons. The van der Waals surface area contributed by atoms with Gasteiger partial charge in [-0.3, -0.25) is 0 Å². The minimum absolute atomic E-state index is 0.873. The smallest absolute Gasteiger partial charge is 0.0574 e. The van der Waals surface area contributed by atoms with Crippen LogP contribution in [0, 0.1) is 0 Å². The van der Waals surface area contributed by atoms with E-state index in [2.05, 4.69) is 17.4 Å². The monoisotopic (exact) mass is 162 g/mol. The summed E-state index contributed by atoms with van der Waals surface area (Å²) in [6.07, 6.45) is 3.69. The Hall–Kier alpha value is -1.18. The lowest BCUT2D eigenvalue weighted by atomic mass is 10.1. The van der Waals surface area contributed by atoms with Crippen LogP contribution in [0.3, 0.4) is 0 Å². The summed E-state index contributed by atoms with van der Waals surface area (Å²) in [5.41, 5.74) is 10.7. The molecule has 1 aliphatic carbocycles. The second-order valence-corrected chi connectivity index (χ2v) is 3.31. The molecule has 0 spiro atoms. The van der Waals surface area contributed by atoms with Crippen molar-refractivity contribution in [2.24, 2.45) is 0 Å². The molecule has 1 aromatic carbocycles. The summed E-state index contributed by atoms with van der Waals surface area (Å²) >= 11 is 0. The molecule has 0 atom stereocenters. The van der Waals surface area contributed by atoms with Crippen molar-refractivity contribution >= 4 is 11.4 Å². The largest absolute Gasteiger partial charge is 0.397 e. The number of nitrogens with one attached hydrogen (secondary N) is 1. The molecular weight excluding hydrogens is 148 g/mol. The van der Waals surface area contributed by atoms with E-state index in [1.165, 1.54) is 30.4 Å². The third-order valence-corrected chi connectivity index (χ3v) is 2.53.